The Bertz CT molecular complexity index is 1070. The summed E-state index contributed by atoms with van der Waals surface area (Å²) in [6.45, 7) is 8.36. The van der Waals surface area contributed by atoms with Gasteiger partial charge in [-0.25, -0.2) is 4.98 Å². The normalized spacial score (nSPS) is 16.1. The van der Waals surface area contributed by atoms with Gasteiger partial charge in [-0.15, -0.1) is 0 Å². The van der Waals surface area contributed by atoms with E-state index in [1.165, 1.54) is 0 Å². The van der Waals surface area contributed by atoms with E-state index in [0.717, 1.165) is 29.3 Å². The maximum absolute atomic E-state index is 14.1. The molecule has 1 heterocycles. The average Bonchev–Trinajstić information content (AvgIpc) is 2.74. The van der Waals surface area contributed by atoms with Crippen molar-refractivity contribution in [2.24, 2.45) is 11.3 Å². The number of thioether (sulfide) groups is 1. The molecule has 0 aliphatic heterocycles. The van der Waals surface area contributed by atoms with Crippen molar-refractivity contribution in [1.82, 2.24) is 10.3 Å². The Morgan fingerprint density at radius 2 is 1.91 bits per heavy atom. The van der Waals surface area contributed by atoms with Crippen LogP contribution in [-0.2, 0) is 30.4 Å². The standard InChI is InChI=1S/C25H28F3N3OS/c1-15-5-7-16(8-6-15)13-30-21(32)14-33-23-19(12-29)22(25(26,27)28)18-11-17(24(2,3)4)9-10-20(18)31-23/h5-8,17H,9-11,13-14H2,1-4H3,(H,30,32)/t17-/m0/s1. The highest BCUT2D eigenvalue weighted by molar-refractivity contribution is 8.00. The van der Waals surface area contributed by atoms with Gasteiger partial charge in [-0.3, -0.25) is 4.79 Å². The molecule has 0 unspecified atom stereocenters. The van der Waals surface area contributed by atoms with Crippen LogP contribution in [0.15, 0.2) is 29.3 Å². The number of fused-ring (bicyclic) bond motifs is 1. The summed E-state index contributed by atoms with van der Waals surface area (Å²) in [5, 5.41) is 12.4. The molecule has 0 saturated carbocycles. The van der Waals surface area contributed by atoms with Crippen molar-refractivity contribution < 1.29 is 18.0 Å². The number of pyridine rings is 1. The zero-order valence-electron chi connectivity index (χ0n) is 19.3. The number of halogens is 3. The van der Waals surface area contributed by atoms with Crippen LogP contribution in [0.3, 0.4) is 0 Å². The zero-order valence-corrected chi connectivity index (χ0v) is 20.1. The first kappa shape index (κ1) is 25.1. The summed E-state index contributed by atoms with van der Waals surface area (Å²) in [5.41, 5.74) is 1.06. The van der Waals surface area contributed by atoms with Crippen LogP contribution in [0.2, 0.25) is 0 Å². The van der Waals surface area contributed by atoms with Gasteiger partial charge in [0, 0.05) is 12.2 Å². The Labute approximate surface area is 197 Å². The summed E-state index contributed by atoms with van der Waals surface area (Å²) in [7, 11) is 0. The van der Waals surface area contributed by atoms with Gasteiger partial charge in [0.15, 0.2) is 0 Å². The zero-order chi connectivity index (χ0) is 24.4. The number of benzene rings is 1. The van der Waals surface area contributed by atoms with E-state index >= 15 is 0 Å². The van der Waals surface area contributed by atoms with E-state index in [9.17, 15) is 23.2 Å². The van der Waals surface area contributed by atoms with Gasteiger partial charge in [-0.2, -0.15) is 18.4 Å². The Kier molecular flexibility index (Phi) is 7.42. The number of aromatic nitrogens is 1. The number of nitriles is 1. The van der Waals surface area contributed by atoms with E-state index < -0.39 is 17.3 Å². The molecule has 176 valence electrons. The first-order valence-corrected chi connectivity index (χ1v) is 11.9. The van der Waals surface area contributed by atoms with Crippen molar-refractivity contribution in [2.45, 2.75) is 64.7 Å². The molecule has 0 radical (unpaired) electrons. The lowest BCUT2D eigenvalue weighted by molar-refractivity contribution is -0.139. The Hall–Kier alpha value is -2.53. The third-order valence-corrected chi connectivity index (χ3v) is 7.08. The largest absolute Gasteiger partial charge is 0.418 e. The molecule has 0 saturated heterocycles. The molecule has 8 heteroatoms. The van der Waals surface area contributed by atoms with Gasteiger partial charge in [-0.1, -0.05) is 62.4 Å². The number of alkyl halides is 3. The number of aryl methyl sites for hydroxylation is 2. The molecule has 2 aromatic rings. The quantitative estimate of drug-likeness (QED) is 0.552. The van der Waals surface area contributed by atoms with E-state index in [2.05, 4.69) is 10.3 Å². The van der Waals surface area contributed by atoms with E-state index in [-0.39, 0.29) is 40.0 Å². The molecule has 1 aliphatic rings. The van der Waals surface area contributed by atoms with Crippen LogP contribution in [0.5, 0.6) is 0 Å². The lowest BCUT2D eigenvalue weighted by Crippen LogP contribution is -2.30. The molecule has 1 atom stereocenters. The molecule has 1 aliphatic carbocycles. The smallest absolute Gasteiger partial charge is 0.351 e. The SMILES string of the molecule is Cc1ccc(CNC(=O)CSc2nc3c(c(C(F)(F)F)c2C#N)C[C@@H](C(C)(C)C)CC3)cc1. The molecular formula is C25H28F3N3OS. The van der Waals surface area contributed by atoms with Crippen LogP contribution < -0.4 is 5.32 Å². The lowest BCUT2D eigenvalue weighted by Gasteiger charge is -2.36. The molecule has 1 aromatic heterocycles. The predicted octanol–water partition coefficient (Wildman–Crippen LogP) is 5.84. The van der Waals surface area contributed by atoms with E-state index in [0.29, 0.717) is 18.7 Å². The Balaban J connectivity index is 1.82. The molecule has 0 spiro atoms. The summed E-state index contributed by atoms with van der Waals surface area (Å²) >= 11 is 0.881. The third-order valence-electron chi connectivity index (χ3n) is 6.10. The highest BCUT2D eigenvalue weighted by Gasteiger charge is 2.42. The second-order valence-electron chi connectivity index (χ2n) is 9.56. The fourth-order valence-corrected chi connectivity index (χ4v) is 4.92. The summed E-state index contributed by atoms with van der Waals surface area (Å²) in [4.78, 5) is 16.8. The van der Waals surface area contributed by atoms with Crippen LogP contribution in [0.1, 0.15) is 60.7 Å². The lowest BCUT2D eigenvalue weighted by atomic mass is 9.70. The van der Waals surface area contributed by atoms with Crippen LogP contribution in [0.4, 0.5) is 13.2 Å². The molecule has 3 rings (SSSR count). The number of nitrogens with one attached hydrogen (secondary N) is 1. The first-order chi connectivity index (χ1) is 15.4. The van der Waals surface area contributed by atoms with Crippen molar-refractivity contribution in [1.29, 1.82) is 5.26 Å². The molecule has 33 heavy (non-hydrogen) atoms. The number of carbonyl (C=O) groups excluding carboxylic acids is 1. The summed E-state index contributed by atoms with van der Waals surface area (Å²) < 4.78 is 42.3. The second kappa shape index (κ2) is 9.76. The number of hydrogen-bond acceptors (Lipinski definition) is 4. The molecule has 0 fully saturated rings. The van der Waals surface area contributed by atoms with Crippen LogP contribution in [0, 0.1) is 29.6 Å². The van der Waals surface area contributed by atoms with Gasteiger partial charge >= 0.3 is 6.18 Å². The number of nitrogens with zero attached hydrogens (tertiary/aromatic N) is 2. The van der Waals surface area contributed by atoms with Crippen LogP contribution in [0.25, 0.3) is 0 Å². The summed E-state index contributed by atoms with van der Waals surface area (Å²) in [6.07, 6.45) is -3.24. The van der Waals surface area contributed by atoms with Gasteiger partial charge in [-0.05, 0) is 48.6 Å². The van der Waals surface area contributed by atoms with Gasteiger partial charge < -0.3 is 5.32 Å². The first-order valence-electron chi connectivity index (χ1n) is 10.9. The minimum Gasteiger partial charge on any atom is -0.351 e. The monoisotopic (exact) mass is 475 g/mol. The molecule has 1 N–H and O–H groups in total. The highest BCUT2D eigenvalue weighted by atomic mass is 32.2. The molecular weight excluding hydrogens is 447 g/mol. The fourth-order valence-electron chi connectivity index (χ4n) is 4.09. The van der Waals surface area contributed by atoms with Gasteiger partial charge in [0.2, 0.25) is 5.91 Å². The van der Waals surface area contributed by atoms with Crippen LogP contribution >= 0.6 is 11.8 Å². The number of rotatable bonds is 5. The van der Waals surface area contributed by atoms with Crippen molar-refractivity contribution in [3.63, 3.8) is 0 Å². The van der Waals surface area contributed by atoms with Crippen molar-refractivity contribution >= 4 is 17.7 Å². The van der Waals surface area contributed by atoms with Crippen molar-refractivity contribution in [3.05, 3.63) is 57.8 Å². The minimum atomic E-state index is -4.67. The van der Waals surface area contributed by atoms with E-state index in [1.54, 1.807) is 6.07 Å². The summed E-state index contributed by atoms with van der Waals surface area (Å²) in [5.74, 6) is -0.371. The maximum Gasteiger partial charge on any atom is 0.418 e. The molecule has 1 aromatic carbocycles. The highest BCUT2D eigenvalue weighted by Crippen LogP contribution is 2.44. The van der Waals surface area contributed by atoms with Gasteiger partial charge in [0.1, 0.15) is 11.1 Å². The van der Waals surface area contributed by atoms with Gasteiger partial charge in [0.05, 0.1) is 16.9 Å². The van der Waals surface area contributed by atoms with E-state index in [1.807, 2.05) is 52.0 Å². The van der Waals surface area contributed by atoms with Crippen LogP contribution in [-0.4, -0.2) is 16.6 Å². The van der Waals surface area contributed by atoms with Gasteiger partial charge in [0.25, 0.3) is 0 Å². The number of carbonyl (C=O) groups is 1. The van der Waals surface area contributed by atoms with E-state index in [4.69, 9.17) is 0 Å². The molecule has 0 bridgehead atoms. The fraction of sp³-hybridized carbons (Fsp3) is 0.480. The molecule has 1 amide bonds. The summed E-state index contributed by atoms with van der Waals surface area (Å²) in [6, 6.07) is 9.42. The minimum absolute atomic E-state index is 0.0248. The van der Waals surface area contributed by atoms with Crippen molar-refractivity contribution in [3.8, 4) is 6.07 Å². The Morgan fingerprint density at radius 1 is 1.24 bits per heavy atom. The number of hydrogen-bond donors (Lipinski definition) is 1. The third kappa shape index (κ3) is 6.08. The van der Waals surface area contributed by atoms with Crippen molar-refractivity contribution in [2.75, 3.05) is 5.75 Å². The number of amides is 1. The Morgan fingerprint density at radius 3 is 2.48 bits per heavy atom. The predicted molar refractivity (Wildman–Crippen MR) is 123 cm³/mol. The topological polar surface area (TPSA) is 65.8 Å². The maximum atomic E-state index is 14.1. The molecule has 4 nitrogen and oxygen atoms in total. The average molecular weight is 476 g/mol. The second-order valence-corrected chi connectivity index (χ2v) is 10.5.